The third kappa shape index (κ3) is 8.62. The van der Waals surface area contributed by atoms with Crippen LogP contribution < -0.4 is 0 Å². The lowest BCUT2D eigenvalue weighted by atomic mass is 10.2. The maximum Gasteiger partial charge on any atom is 0.247 e. The molecule has 0 fully saturated rings. The molecular weight excluding hydrogens is 252 g/mol. The quantitative estimate of drug-likeness (QED) is 0.342. The highest BCUT2D eigenvalue weighted by molar-refractivity contribution is 6.67. The molecule has 0 N–H and O–H groups in total. The predicted octanol–water partition coefficient (Wildman–Crippen LogP) is 5.00. The molecule has 0 aliphatic rings. The van der Waals surface area contributed by atoms with Crippen LogP contribution in [0, 0.1) is 0 Å². The van der Waals surface area contributed by atoms with Gasteiger partial charge in [-0.1, -0.05) is 74.3 Å². The van der Waals surface area contributed by atoms with Crippen LogP contribution in [-0.4, -0.2) is 21.9 Å². The van der Waals surface area contributed by atoms with Crippen molar-refractivity contribution >= 4 is 34.8 Å². The molecule has 0 heterocycles. The lowest BCUT2D eigenvalue weighted by Crippen LogP contribution is -2.36. The summed E-state index contributed by atoms with van der Waals surface area (Å²) in [5, 5.41) is 0. The molecule has 0 aromatic rings. The summed E-state index contributed by atoms with van der Waals surface area (Å²) >= 11 is 17.7. The summed E-state index contributed by atoms with van der Waals surface area (Å²) in [7, 11) is 0. The number of hydrogen-bond acceptors (Lipinski definition) is 1. The summed E-state index contributed by atoms with van der Waals surface area (Å²) in [6.07, 6.45) is 7.01. The van der Waals surface area contributed by atoms with Crippen molar-refractivity contribution in [2.24, 2.45) is 0 Å². The molecule has 0 aromatic heterocycles. The van der Waals surface area contributed by atoms with E-state index in [2.05, 4.69) is 13.8 Å². The van der Waals surface area contributed by atoms with Gasteiger partial charge in [-0.15, -0.1) is 0 Å². The van der Waals surface area contributed by atoms with Gasteiger partial charge in [0.15, 0.2) is 0 Å². The van der Waals surface area contributed by atoms with Crippen LogP contribution in [0.15, 0.2) is 0 Å². The molecule has 0 rings (SSSR count). The molecule has 0 atom stereocenters. The summed E-state index contributed by atoms with van der Waals surface area (Å²) in [6, 6.07) is 0. The first-order valence-electron chi connectivity index (χ1n) is 5.84. The van der Waals surface area contributed by atoms with Gasteiger partial charge in [0.2, 0.25) is 3.92 Å². The highest BCUT2D eigenvalue weighted by Crippen LogP contribution is 2.31. The zero-order valence-electron chi connectivity index (χ0n) is 9.74. The number of nitrogens with zero attached hydrogens (tertiary/aromatic N) is 1. The number of hydrogen-bond donors (Lipinski definition) is 0. The molecule has 0 saturated carbocycles. The Morgan fingerprint density at radius 1 is 0.800 bits per heavy atom. The molecule has 0 saturated heterocycles. The highest BCUT2D eigenvalue weighted by Gasteiger charge is 2.28. The van der Waals surface area contributed by atoms with Crippen molar-refractivity contribution in [3.05, 3.63) is 0 Å². The molecule has 92 valence electrons. The van der Waals surface area contributed by atoms with Crippen LogP contribution >= 0.6 is 34.8 Å². The van der Waals surface area contributed by atoms with Crippen LogP contribution in [0.4, 0.5) is 0 Å². The largest absolute Gasteiger partial charge is 0.259 e. The molecule has 0 bridgehead atoms. The summed E-state index contributed by atoms with van der Waals surface area (Å²) in [4.78, 5) is 1.95. The van der Waals surface area contributed by atoms with Crippen molar-refractivity contribution in [1.82, 2.24) is 4.90 Å². The smallest absolute Gasteiger partial charge is 0.247 e. The number of rotatable bonds is 8. The molecule has 0 radical (unpaired) electrons. The SMILES string of the molecule is CCCCCN(CCCCC)C(Cl)(Cl)Cl. The first-order valence-corrected chi connectivity index (χ1v) is 6.97. The predicted molar refractivity (Wildman–Crippen MR) is 70.9 cm³/mol. The van der Waals surface area contributed by atoms with Crippen LogP contribution in [0.25, 0.3) is 0 Å². The van der Waals surface area contributed by atoms with Gasteiger partial charge in [-0.05, 0) is 12.8 Å². The second-order valence-corrected chi connectivity index (χ2v) is 6.09. The third-order valence-electron chi connectivity index (χ3n) is 2.42. The Kier molecular flexibility index (Phi) is 9.42. The fraction of sp³-hybridized carbons (Fsp3) is 1.00. The standard InChI is InChI=1S/C11H22Cl3N/c1-3-5-7-9-15(11(12,13)14)10-8-6-4-2/h3-10H2,1-2H3. The van der Waals surface area contributed by atoms with Gasteiger partial charge in [0, 0.05) is 13.1 Å². The van der Waals surface area contributed by atoms with Gasteiger partial charge < -0.3 is 0 Å². The van der Waals surface area contributed by atoms with Gasteiger partial charge in [0.1, 0.15) is 0 Å². The minimum Gasteiger partial charge on any atom is -0.259 e. The topological polar surface area (TPSA) is 3.24 Å². The fourth-order valence-electron chi connectivity index (χ4n) is 1.47. The first kappa shape index (κ1) is 15.8. The average molecular weight is 275 g/mol. The summed E-state index contributed by atoms with van der Waals surface area (Å²) < 4.78 is -1.23. The van der Waals surface area contributed by atoms with E-state index in [1.807, 2.05) is 4.90 Å². The lowest BCUT2D eigenvalue weighted by molar-refractivity contribution is 0.262. The van der Waals surface area contributed by atoms with E-state index in [4.69, 9.17) is 34.8 Å². The number of alkyl halides is 3. The van der Waals surface area contributed by atoms with E-state index in [1.165, 1.54) is 25.7 Å². The Hall–Kier alpha value is 0.830. The average Bonchev–Trinajstić information content (AvgIpc) is 2.14. The third-order valence-corrected chi connectivity index (χ3v) is 3.14. The van der Waals surface area contributed by atoms with Crippen molar-refractivity contribution in [3.8, 4) is 0 Å². The molecule has 1 nitrogen and oxygen atoms in total. The van der Waals surface area contributed by atoms with Gasteiger partial charge in [-0.2, -0.15) is 0 Å². The van der Waals surface area contributed by atoms with Crippen LogP contribution in [0.3, 0.4) is 0 Å². The Bertz CT molecular complexity index is 135. The van der Waals surface area contributed by atoms with Gasteiger partial charge in [0.05, 0.1) is 0 Å². The van der Waals surface area contributed by atoms with Gasteiger partial charge in [0.25, 0.3) is 0 Å². The van der Waals surface area contributed by atoms with E-state index in [1.54, 1.807) is 0 Å². The Labute approximate surface area is 109 Å². The zero-order valence-corrected chi connectivity index (χ0v) is 12.0. The summed E-state index contributed by atoms with van der Waals surface area (Å²) in [5.41, 5.74) is 0. The van der Waals surface area contributed by atoms with Gasteiger partial charge in [-0.25, -0.2) is 0 Å². The first-order chi connectivity index (χ1) is 7.02. The van der Waals surface area contributed by atoms with Crippen LogP contribution in [-0.2, 0) is 0 Å². The Balaban J connectivity index is 3.85. The second-order valence-electron chi connectivity index (χ2n) is 3.87. The van der Waals surface area contributed by atoms with E-state index < -0.39 is 3.92 Å². The van der Waals surface area contributed by atoms with E-state index >= 15 is 0 Å². The van der Waals surface area contributed by atoms with Crippen molar-refractivity contribution in [3.63, 3.8) is 0 Å². The Morgan fingerprint density at radius 3 is 1.47 bits per heavy atom. The second kappa shape index (κ2) is 8.92. The molecular formula is C11H22Cl3N. The molecule has 4 heteroatoms. The monoisotopic (exact) mass is 273 g/mol. The molecule has 0 spiro atoms. The fourth-order valence-corrected chi connectivity index (χ4v) is 1.98. The molecule has 15 heavy (non-hydrogen) atoms. The summed E-state index contributed by atoms with van der Waals surface area (Å²) in [6.45, 7) is 6.12. The lowest BCUT2D eigenvalue weighted by Gasteiger charge is -2.29. The zero-order chi connectivity index (χ0) is 11.7. The van der Waals surface area contributed by atoms with Crippen molar-refractivity contribution < 1.29 is 0 Å². The molecule has 0 amide bonds. The van der Waals surface area contributed by atoms with Crippen molar-refractivity contribution in [2.75, 3.05) is 13.1 Å². The van der Waals surface area contributed by atoms with E-state index in [-0.39, 0.29) is 0 Å². The summed E-state index contributed by atoms with van der Waals surface area (Å²) in [5.74, 6) is 0. The number of unbranched alkanes of at least 4 members (excludes halogenated alkanes) is 4. The van der Waals surface area contributed by atoms with Gasteiger partial charge >= 0.3 is 0 Å². The highest BCUT2D eigenvalue weighted by atomic mass is 35.6. The van der Waals surface area contributed by atoms with Crippen molar-refractivity contribution in [2.45, 2.75) is 56.3 Å². The minimum absolute atomic E-state index is 0.883. The van der Waals surface area contributed by atoms with E-state index in [9.17, 15) is 0 Å². The maximum atomic E-state index is 5.91. The molecule has 0 unspecified atom stereocenters. The molecule has 0 aliphatic carbocycles. The minimum atomic E-state index is -1.23. The van der Waals surface area contributed by atoms with Crippen LogP contribution in [0.5, 0.6) is 0 Å². The van der Waals surface area contributed by atoms with Crippen LogP contribution in [0.1, 0.15) is 52.4 Å². The maximum absolute atomic E-state index is 5.91. The van der Waals surface area contributed by atoms with Crippen molar-refractivity contribution in [1.29, 1.82) is 0 Å². The Morgan fingerprint density at radius 2 is 1.20 bits per heavy atom. The molecule has 0 aliphatic heterocycles. The number of halogens is 3. The van der Waals surface area contributed by atoms with Crippen LogP contribution in [0.2, 0.25) is 0 Å². The van der Waals surface area contributed by atoms with E-state index in [0.29, 0.717) is 0 Å². The van der Waals surface area contributed by atoms with E-state index in [0.717, 1.165) is 25.9 Å². The van der Waals surface area contributed by atoms with Gasteiger partial charge in [-0.3, -0.25) is 4.90 Å². The molecule has 0 aromatic carbocycles. The normalized spacial score (nSPS) is 12.4.